The Kier molecular flexibility index (Phi) is 7.19. The fourth-order valence-corrected chi connectivity index (χ4v) is 5.00. The van der Waals surface area contributed by atoms with Crippen LogP contribution in [0.25, 0.3) is 21.3 Å². The minimum atomic E-state index is -0.575. The first-order chi connectivity index (χ1) is 16.5. The molecule has 34 heavy (non-hydrogen) atoms. The van der Waals surface area contributed by atoms with Crippen molar-refractivity contribution in [2.75, 3.05) is 5.75 Å². The molecule has 172 valence electrons. The van der Waals surface area contributed by atoms with Gasteiger partial charge in [0.05, 0.1) is 11.1 Å². The Morgan fingerprint density at radius 2 is 1.85 bits per heavy atom. The van der Waals surface area contributed by atoms with Crippen LogP contribution in [0.3, 0.4) is 0 Å². The summed E-state index contributed by atoms with van der Waals surface area (Å²) in [5, 5.41) is 2.80. The van der Waals surface area contributed by atoms with Crippen LogP contribution < -0.4 is 16.4 Å². The number of nitrogens with one attached hydrogen (secondary N) is 2. The lowest BCUT2D eigenvalue weighted by Gasteiger charge is -2.11. The average Bonchev–Trinajstić information content (AvgIpc) is 3.28. The molecule has 0 saturated heterocycles. The first kappa shape index (κ1) is 23.4. The number of halogens is 1. The number of hydrogen-bond donors (Lipinski definition) is 2. The number of fused-ring (bicyclic) bond motifs is 1. The number of amides is 2. The SMILES string of the molecule is C=CCn1c(SCC(=O)NNC(=O)c2ccc(F)cc2)nc2scc(-c3ccccc3)c2c1=O. The first-order valence-electron chi connectivity index (χ1n) is 10.1. The van der Waals surface area contributed by atoms with Gasteiger partial charge in [-0.2, -0.15) is 0 Å². The van der Waals surface area contributed by atoms with E-state index in [-0.39, 0.29) is 23.4 Å². The smallest absolute Gasteiger partial charge is 0.269 e. The van der Waals surface area contributed by atoms with Gasteiger partial charge >= 0.3 is 0 Å². The molecule has 2 aromatic carbocycles. The average molecular weight is 495 g/mol. The summed E-state index contributed by atoms with van der Waals surface area (Å²) in [4.78, 5) is 42.9. The quantitative estimate of drug-likeness (QED) is 0.175. The van der Waals surface area contributed by atoms with Crippen LogP contribution in [0.4, 0.5) is 4.39 Å². The first-order valence-corrected chi connectivity index (χ1v) is 12.0. The third-order valence-electron chi connectivity index (χ3n) is 4.81. The van der Waals surface area contributed by atoms with Crippen LogP contribution in [-0.2, 0) is 11.3 Å². The molecule has 7 nitrogen and oxygen atoms in total. The number of aromatic nitrogens is 2. The van der Waals surface area contributed by atoms with Gasteiger partial charge in [0.2, 0.25) is 5.91 Å². The van der Waals surface area contributed by atoms with E-state index < -0.39 is 17.6 Å². The van der Waals surface area contributed by atoms with Crippen molar-refractivity contribution < 1.29 is 14.0 Å². The van der Waals surface area contributed by atoms with Crippen LogP contribution in [0.2, 0.25) is 0 Å². The van der Waals surface area contributed by atoms with Crippen molar-refractivity contribution >= 4 is 45.1 Å². The molecule has 4 rings (SSSR count). The number of hydrogen-bond acceptors (Lipinski definition) is 6. The fraction of sp³-hybridized carbons (Fsp3) is 0.0833. The summed E-state index contributed by atoms with van der Waals surface area (Å²) in [6.45, 7) is 3.95. The molecular formula is C24H19FN4O3S2. The van der Waals surface area contributed by atoms with Gasteiger partial charge in [-0.3, -0.25) is 29.8 Å². The molecule has 0 aliphatic carbocycles. The fourth-order valence-electron chi connectivity index (χ4n) is 3.20. The Morgan fingerprint density at radius 3 is 2.56 bits per heavy atom. The lowest BCUT2D eigenvalue weighted by Crippen LogP contribution is -2.42. The van der Waals surface area contributed by atoms with E-state index in [1.54, 1.807) is 6.08 Å². The van der Waals surface area contributed by atoms with Gasteiger partial charge in [0.15, 0.2) is 5.16 Å². The van der Waals surface area contributed by atoms with Gasteiger partial charge in [0, 0.05) is 23.1 Å². The van der Waals surface area contributed by atoms with E-state index >= 15 is 0 Å². The zero-order chi connectivity index (χ0) is 24.1. The molecule has 10 heteroatoms. The maximum atomic E-state index is 13.3. The van der Waals surface area contributed by atoms with E-state index in [9.17, 15) is 18.8 Å². The van der Waals surface area contributed by atoms with Gasteiger partial charge in [-0.25, -0.2) is 9.37 Å². The summed E-state index contributed by atoms with van der Waals surface area (Å²) >= 11 is 2.44. The van der Waals surface area contributed by atoms with Crippen molar-refractivity contribution in [1.82, 2.24) is 20.4 Å². The van der Waals surface area contributed by atoms with Gasteiger partial charge in [-0.05, 0) is 29.8 Å². The molecule has 0 fully saturated rings. The lowest BCUT2D eigenvalue weighted by molar-refractivity contribution is -0.119. The lowest BCUT2D eigenvalue weighted by atomic mass is 10.1. The second-order valence-corrected chi connectivity index (χ2v) is 8.89. The van der Waals surface area contributed by atoms with E-state index in [4.69, 9.17) is 0 Å². The normalized spacial score (nSPS) is 10.7. The maximum absolute atomic E-state index is 13.3. The van der Waals surface area contributed by atoms with Crippen LogP contribution in [0.1, 0.15) is 10.4 Å². The molecule has 0 atom stereocenters. The van der Waals surface area contributed by atoms with Gasteiger partial charge in [-0.15, -0.1) is 17.9 Å². The molecule has 0 aliphatic heterocycles. The van der Waals surface area contributed by atoms with Crippen molar-refractivity contribution in [2.45, 2.75) is 11.7 Å². The number of rotatable bonds is 7. The van der Waals surface area contributed by atoms with Crippen LogP contribution in [0.5, 0.6) is 0 Å². The van der Waals surface area contributed by atoms with E-state index in [0.717, 1.165) is 35.0 Å². The predicted octanol–water partition coefficient (Wildman–Crippen LogP) is 4.00. The van der Waals surface area contributed by atoms with Crippen LogP contribution >= 0.6 is 23.1 Å². The minimum absolute atomic E-state index is 0.0876. The number of hydrazine groups is 1. The highest BCUT2D eigenvalue weighted by Crippen LogP contribution is 2.32. The van der Waals surface area contributed by atoms with Gasteiger partial charge in [-0.1, -0.05) is 48.2 Å². The molecular weight excluding hydrogens is 475 g/mol. The Labute approximate surface area is 202 Å². The van der Waals surface area contributed by atoms with E-state index in [0.29, 0.717) is 15.4 Å². The number of thiophene rings is 1. The molecule has 2 heterocycles. The summed E-state index contributed by atoms with van der Waals surface area (Å²) in [5.41, 5.74) is 6.32. The van der Waals surface area contributed by atoms with Gasteiger partial charge in [0.25, 0.3) is 11.5 Å². The number of benzene rings is 2. The highest BCUT2D eigenvalue weighted by Gasteiger charge is 2.18. The second kappa shape index (κ2) is 10.4. The van der Waals surface area contributed by atoms with E-state index in [1.807, 2.05) is 35.7 Å². The number of nitrogens with zero attached hydrogens (tertiary/aromatic N) is 2. The van der Waals surface area contributed by atoms with Crippen LogP contribution in [0.15, 0.2) is 82.6 Å². The highest BCUT2D eigenvalue weighted by atomic mass is 32.2. The Balaban J connectivity index is 1.50. The number of allylic oxidation sites excluding steroid dienone is 1. The van der Waals surface area contributed by atoms with Gasteiger partial charge in [0.1, 0.15) is 10.6 Å². The van der Waals surface area contributed by atoms with Gasteiger partial charge < -0.3 is 0 Å². The van der Waals surface area contributed by atoms with E-state index in [1.165, 1.54) is 28.0 Å². The third kappa shape index (κ3) is 5.08. The Morgan fingerprint density at radius 1 is 1.12 bits per heavy atom. The summed E-state index contributed by atoms with van der Waals surface area (Å²) in [7, 11) is 0. The summed E-state index contributed by atoms with van der Waals surface area (Å²) in [6, 6.07) is 14.5. The molecule has 0 spiro atoms. The molecule has 0 unspecified atom stereocenters. The van der Waals surface area contributed by atoms with Crippen molar-refractivity contribution in [3.05, 3.63) is 94.4 Å². The Bertz CT molecular complexity index is 1420. The topological polar surface area (TPSA) is 93.1 Å². The number of carbonyl (C=O) groups excluding carboxylic acids is 2. The largest absolute Gasteiger partial charge is 0.283 e. The van der Waals surface area contributed by atoms with Crippen LogP contribution in [0, 0.1) is 5.82 Å². The molecule has 0 aliphatic rings. The molecule has 0 saturated carbocycles. The molecule has 2 N–H and O–H groups in total. The number of thioether (sulfide) groups is 1. The molecule has 2 amide bonds. The summed E-state index contributed by atoms with van der Waals surface area (Å²) in [5.74, 6) is -1.62. The highest BCUT2D eigenvalue weighted by molar-refractivity contribution is 7.99. The van der Waals surface area contributed by atoms with Crippen molar-refractivity contribution in [1.29, 1.82) is 0 Å². The predicted molar refractivity (Wildman–Crippen MR) is 132 cm³/mol. The third-order valence-corrected chi connectivity index (χ3v) is 6.66. The van der Waals surface area contributed by atoms with Crippen molar-refractivity contribution in [3.8, 4) is 11.1 Å². The monoisotopic (exact) mass is 494 g/mol. The van der Waals surface area contributed by atoms with Crippen molar-refractivity contribution in [2.24, 2.45) is 0 Å². The minimum Gasteiger partial charge on any atom is -0.283 e. The molecule has 0 radical (unpaired) electrons. The number of carbonyl (C=O) groups is 2. The zero-order valence-corrected chi connectivity index (χ0v) is 19.4. The van der Waals surface area contributed by atoms with E-state index in [2.05, 4.69) is 22.4 Å². The second-order valence-electron chi connectivity index (χ2n) is 7.09. The van der Waals surface area contributed by atoms with Crippen LogP contribution in [-0.4, -0.2) is 27.1 Å². The molecule has 0 bridgehead atoms. The maximum Gasteiger partial charge on any atom is 0.269 e. The molecule has 2 aromatic heterocycles. The molecule has 4 aromatic rings. The van der Waals surface area contributed by atoms with Crippen molar-refractivity contribution in [3.63, 3.8) is 0 Å². The Hall–Kier alpha value is -3.76. The standard InChI is InChI=1S/C24H19FN4O3S2/c1-2-12-29-23(32)20-18(15-6-4-3-5-7-15)13-33-22(20)26-24(29)34-14-19(30)27-28-21(31)16-8-10-17(25)11-9-16/h2-11,13H,1,12,14H2,(H,27,30)(H,28,31). The zero-order valence-electron chi connectivity index (χ0n) is 17.8. The summed E-state index contributed by atoms with van der Waals surface area (Å²) in [6.07, 6.45) is 1.59. The summed E-state index contributed by atoms with van der Waals surface area (Å²) < 4.78 is 14.5.